The van der Waals surface area contributed by atoms with E-state index in [-0.39, 0.29) is 15.7 Å². The van der Waals surface area contributed by atoms with Crippen LogP contribution in [0.25, 0.3) is 16.9 Å². The first-order chi connectivity index (χ1) is 21.9. The van der Waals surface area contributed by atoms with Crippen LogP contribution in [0.3, 0.4) is 0 Å². The largest absolute Gasteiger partial charge is 0.497 e. The van der Waals surface area contributed by atoms with Gasteiger partial charge in [-0.05, 0) is 59.7 Å². The average molecular weight is 617 g/mol. The van der Waals surface area contributed by atoms with Gasteiger partial charge in [0.05, 0.1) is 42.6 Å². The molecular formula is C34H28N6O4S. The molecule has 0 spiro atoms. The highest BCUT2D eigenvalue weighted by Crippen LogP contribution is 2.30. The highest BCUT2D eigenvalue weighted by atomic mass is 32.2. The number of aromatic nitrogens is 4. The molecule has 11 heteroatoms. The molecule has 0 aliphatic heterocycles. The minimum Gasteiger partial charge on any atom is -0.497 e. The van der Waals surface area contributed by atoms with Crippen molar-refractivity contribution in [3.8, 4) is 28.8 Å². The van der Waals surface area contributed by atoms with E-state index in [1.807, 2.05) is 59.5 Å². The molecule has 0 amide bonds. The van der Waals surface area contributed by atoms with Crippen LogP contribution in [0.1, 0.15) is 16.7 Å². The van der Waals surface area contributed by atoms with Gasteiger partial charge in [-0.1, -0.05) is 54.6 Å². The Kier molecular flexibility index (Phi) is 8.14. The number of sulfone groups is 1. The molecule has 0 bridgehead atoms. The maximum atomic E-state index is 13.6. The van der Waals surface area contributed by atoms with Gasteiger partial charge in [0.25, 0.3) is 5.16 Å². The fourth-order valence-corrected chi connectivity index (χ4v) is 6.01. The lowest BCUT2D eigenvalue weighted by Crippen LogP contribution is -2.24. The normalized spacial score (nSPS) is 11.2. The number of nitrogens with zero attached hydrogens (tertiary/aromatic N) is 6. The van der Waals surface area contributed by atoms with Crippen LogP contribution in [0.5, 0.6) is 11.5 Å². The number of rotatable bonds is 10. The fraction of sp³-hybridized carbons (Fsp3) is 0.118. The Hall–Kier alpha value is -5.73. The maximum Gasteiger partial charge on any atom is 0.272 e. The van der Waals surface area contributed by atoms with Crippen molar-refractivity contribution in [3.05, 3.63) is 126 Å². The van der Waals surface area contributed by atoms with Gasteiger partial charge in [0, 0.05) is 18.7 Å². The predicted molar refractivity (Wildman–Crippen MR) is 169 cm³/mol. The van der Waals surface area contributed by atoms with Crippen LogP contribution in [0.4, 0.5) is 5.82 Å². The van der Waals surface area contributed by atoms with E-state index < -0.39 is 9.84 Å². The summed E-state index contributed by atoms with van der Waals surface area (Å²) < 4.78 is 39.3. The number of fused-ring (bicyclic) bond motifs is 1. The van der Waals surface area contributed by atoms with Gasteiger partial charge < -0.3 is 14.4 Å². The Balaban J connectivity index is 1.54. The minimum absolute atomic E-state index is 0.0886. The Morgan fingerprint density at radius 2 is 1.42 bits per heavy atom. The number of benzene rings is 4. The fourth-order valence-electron chi connectivity index (χ4n) is 4.88. The lowest BCUT2D eigenvalue weighted by Gasteiger charge is -2.25. The molecule has 2 heterocycles. The van der Waals surface area contributed by atoms with E-state index in [4.69, 9.17) is 14.5 Å². The molecule has 224 valence electrons. The predicted octanol–water partition coefficient (Wildman–Crippen LogP) is 5.72. The summed E-state index contributed by atoms with van der Waals surface area (Å²) in [5.74, 6) is 1.88. The summed E-state index contributed by atoms with van der Waals surface area (Å²) >= 11 is 0. The third-order valence-corrected chi connectivity index (χ3v) is 8.77. The van der Waals surface area contributed by atoms with Gasteiger partial charge in [0.2, 0.25) is 9.84 Å². The van der Waals surface area contributed by atoms with E-state index in [0.717, 1.165) is 22.6 Å². The summed E-state index contributed by atoms with van der Waals surface area (Å²) in [6.45, 7) is 0.821. The van der Waals surface area contributed by atoms with Crippen molar-refractivity contribution in [3.63, 3.8) is 0 Å². The summed E-state index contributed by atoms with van der Waals surface area (Å²) in [7, 11) is -0.793. The first-order valence-corrected chi connectivity index (χ1v) is 15.4. The number of methoxy groups -OCH3 is 2. The number of anilines is 1. The lowest BCUT2D eigenvalue weighted by atomic mass is 10.1. The Labute approximate surface area is 260 Å². The smallest absolute Gasteiger partial charge is 0.272 e. The van der Waals surface area contributed by atoms with Crippen LogP contribution in [0.2, 0.25) is 0 Å². The molecule has 6 rings (SSSR count). The van der Waals surface area contributed by atoms with Gasteiger partial charge in [-0.3, -0.25) is 0 Å². The van der Waals surface area contributed by atoms with E-state index in [1.165, 1.54) is 16.6 Å². The molecule has 0 saturated heterocycles. The van der Waals surface area contributed by atoms with E-state index in [2.05, 4.69) is 16.2 Å². The molecule has 45 heavy (non-hydrogen) atoms. The van der Waals surface area contributed by atoms with Crippen molar-refractivity contribution in [2.24, 2.45) is 0 Å². The highest BCUT2D eigenvalue weighted by Gasteiger charge is 2.26. The molecular weight excluding hydrogens is 588 g/mol. The molecule has 0 aliphatic carbocycles. The molecule has 0 atom stereocenters. The molecule has 6 aromatic rings. The van der Waals surface area contributed by atoms with Crippen LogP contribution < -0.4 is 14.4 Å². The second-order valence-corrected chi connectivity index (χ2v) is 12.0. The van der Waals surface area contributed by atoms with Crippen LogP contribution in [0, 0.1) is 11.3 Å². The van der Waals surface area contributed by atoms with Gasteiger partial charge in [-0.15, -0.1) is 5.10 Å². The van der Waals surface area contributed by atoms with Gasteiger partial charge in [0.15, 0.2) is 11.5 Å². The van der Waals surface area contributed by atoms with E-state index in [9.17, 15) is 13.7 Å². The van der Waals surface area contributed by atoms with Crippen LogP contribution in [-0.2, 0) is 22.9 Å². The van der Waals surface area contributed by atoms with Gasteiger partial charge in [-0.25, -0.2) is 17.9 Å². The highest BCUT2D eigenvalue weighted by molar-refractivity contribution is 7.91. The molecule has 0 fully saturated rings. The maximum absolute atomic E-state index is 13.6. The van der Waals surface area contributed by atoms with Crippen LogP contribution >= 0.6 is 0 Å². The topological polar surface area (TPSA) is 123 Å². The first kappa shape index (κ1) is 29.3. The van der Waals surface area contributed by atoms with Crippen molar-refractivity contribution in [2.45, 2.75) is 23.1 Å². The Morgan fingerprint density at radius 1 is 0.800 bits per heavy atom. The number of ether oxygens (including phenoxy) is 2. The molecule has 0 aliphatic rings. The van der Waals surface area contributed by atoms with Crippen molar-refractivity contribution in [1.82, 2.24) is 19.6 Å². The molecule has 0 radical (unpaired) electrons. The van der Waals surface area contributed by atoms with Crippen LogP contribution in [0.15, 0.2) is 119 Å². The number of nitriles is 1. The SMILES string of the molecule is COc1ccc(CN(Cc2ccc(OC)cc2)c2nc(-c3cccc(C#N)c3)cn3nc(S(=O)(=O)c4ccccc4)nc23)cc1. The summed E-state index contributed by atoms with van der Waals surface area (Å²) in [5, 5.41) is 13.6. The van der Waals surface area contributed by atoms with Crippen molar-refractivity contribution < 1.29 is 17.9 Å². The van der Waals surface area contributed by atoms with Crippen molar-refractivity contribution >= 4 is 21.3 Å². The zero-order chi connectivity index (χ0) is 31.4. The molecule has 0 saturated carbocycles. The zero-order valence-electron chi connectivity index (χ0n) is 24.5. The zero-order valence-corrected chi connectivity index (χ0v) is 25.3. The Bertz CT molecular complexity index is 2060. The summed E-state index contributed by atoms with van der Waals surface area (Å²) in [6, 6.07) is 32.7. The number of hydrogen-bond donors (Lipinski definition) is 0. The van der Waals surface area contributed by atoms with E-state index >= 15 is 0 Å². The summed E-state index contributed by atoms with van der Waals surface area (Å²) in [5.41, 5.74) is 3.85. The van der Waals surface area contributed by atoms with Gasteiger partial charge >= 0.3 is 0 Å². The number of hydrogen-bond acceptors (Lipinski definition) is 9. The Morgan fingerprint density at radius 3 is 2.00 bits per heavy atom. The monoisotopic (exact) mass is 616 g/mol. The average Bonchev–Trinajstić information content (AvgIpc) is 3.54. The van der Waals surface area contributed by atoms with Gasteiger partial charge in [-0.2, -0.15) is 10.2 Å². The quantitative estimate of drug-likeness (QED) is 0.190. The first-order valence-electron chi connectivity index (χ1n) is 14.0. The second-order valence-electron chi connectivity index (χ2n) is 10.2. The molecule has 2 aromatic heterocycles. The molecule has 0 N–H and O–H groups in total. The molecule has 10 nitrogen and oxygen atoms in total. The van der Waals surface area contributed by atoms with Crippen molar-refractivity contribution in [2.75, 3.05) is 19.1 Å². The minimum atomic E-state index is -4.02. The summed E-state index contributed by atoms with van der Waals surface area (Å²) in [4.78, 5) is 11.7. The molecule has 4 aromatic carbocycles. The van der Waals surface area contributed by atoms with E-state index in [0.29, 0.717) is 35.7 Å². The van der Waals surface area contributed by atoms with Crippen molar-refractivity contribution in [1.29, 1.82) is 5.26 Å². The van der Waals surface area contributed by atoms with E-state index in [1.54, 1.807) is 56.8 Å². The second kappa shape index (κ2) is 12.5. The third-order valence-electron chi connectivity index (χ3n) is 7.23. The van der Waals surface area contributed by atoms with Crippen LogP contribution in [-0.4, -0.2) is 42.2 Å². The molecule has 0 unspecified atom stereocenters. The third kappa shape index (κ3) is 6.18. The summed E-state index contributed by atoms with van der Waals surface area (Å²) in [6.07, 6.45) is 1.63. The standard InChI is InChI=1S/C34H28N6O4S/c1-43-28-15-11-24(12-16-28)21-39(22-25-13-17-29(44-2)18-14-25)32-33-37-34(45(41,42)30-9-4-3-5-10-30)38-40(33)23-31(36-32)27-8-6-7-26(19-27)20-35/h3-19,23H,21-22H2,1-2H3. The lowest BCUT2D eigenvalue weighted by molar-refractivity contribution is 0.414. The van der Waals surface area contributed by atoms with Gasteiger partial charge in [0.1, 0.15) is 11.5 Å².